The summed E-state index contributed by atoms with van der Waals surface area (Å²) in [5, 5.41) is 0.657. The first-order valence-electron chi connectivity index (χ1n) is 8.94. The summed E-state index contributed by atoms with van der Waals surface area (Å²) in [6.07, 6.45) is 0. The largest absolute Gasteiger partial charge is 0.494 e. The first kappa shape index (κ1) is 17.8. The number of ether oxygens (including phenoxy) is 1. The smallest absolute Gasteiger partial charge is 0.267 e. The second-order valence-electron chi connectivity index (χ2n) is 6.67. The third-order valence-electron chi connectivity index (χ3n) is 5.03. The number of aryl methyl sites for hydroxylation is 1. The first-order chi connectivity index (χ1) is 13.1. The molecule has 2 heterocycles. The molecule has 1 saturated heterocycles. The molecular weight excluding hydrogens is 363 g/mol. The van der Waals surface area contributed by atoms with Crippen molar-refractivity contribution in [2.75, 3.05) is 38.2 Å². The molecule has 0 N–H and O–H groups in total. The van der Waals surface area contributed by atoms with Crippen LogP contribution in [0.2, 0.25) is 0 Å². The summed E-state index contributed by atoms with van der Waals surface area (Å²) in [6, 6.07) is 12.8. The number of para-hydroxylation sites is 1. The fraction of sp³-hybridized carbons (Fsp3) is 0.286. The zero-order valence-electron chi connectivity index (χ0n) is 15.4. The minimum atomic E-state index is -0.329. The number of nitrogens with zero attached hydrogens (tertiary/aromatic N) is 2. The summed E-state index contributed by atoms with van der Waals surface area (Å²) < 4.78 is 19.9. The lowest BCUT2D eigenvalue weighted by Crippen LogP contribution is -2.48. The van der Waals surface area contributed by atoms with Gasteiger partial charge < -0.3 is 14.5 Å². The van der Waals surface area contributed by atoms with Crippen LogP contribution < -0.4 is 9.64 Å². The van der Waals surface area contributed by atoms with Gasteiger partial charge in [0.1, 0.15) is 16.4 Å². The SMILES string of the molecule is COc1c(C(=O)N2CCN(c3ccccc3C)CC2)sc2ccc(F)cc12. The number of piperazine rings is 1. The normalized spacial score (nSPS) is 14.6. The van der Waals surface area contributed by atoms with Crippen LogP contribution in [0.4, 0.5) is 10.1 Å². The van der Waals surface area contributed by atoms with Crippen molar-refractivity contribution < 1.29 is 13.9 Å². The van der Waals surface area contributed by atoms with E-state index in [1.807, 2.05) is 17.0 Å². The van der Waals surface area contributed by atoms with Crippen LogP contribution in [0.25, 0.3) is 10.1 Å². The number of carbonyl (C=O) groups is 1. The number of hydrogen-bond donors (Lipinski definition) is 0. The lowest BCUT2D eigenvalue weighted by molar-refractivity contribution is 0.0749. The van der Waals surface area contributed by atoms with E-state index < -0.39 is 0 Å². The molecule has 4 rings (SSSR count). The van der Waals surface area contributed by atoms with Crippen LogP contribution in [0.1, 0.15) is 15.2 Å². The van der Waals surface area contributed by atoms with Crippen LogP contribution in [-0.2, 0) is 0 Å². The summed E-state index contributed by atoms with van der Waals surface area (Å²) in [5.74, 6) is 0.100. The predicted octanol–water partition coefficient (Wildman–Crippen LogP) is 4.32. The van der Waals surface area contributed by atoms with Gasteiger partial charge in [-0.05, 0) is 36.8 Å². The lowest BCUT2D eigenvalue weighted by Gasteiger charge is -2.36. The van der Waals surface area contributed by atoms with Gasteiger partial charge in [0.2, 0.25) is 0 Å². The Morgan fingerprint density at radius 1 is 1.11 bits per heavy atom. The number of amides is 1. The molecule has 1 aliphatic heterocycles. The van der Waals surface area contributed by atoms with Gasteiger partial charge in [0.05, 0.1) is 7.11 Å². The van der Waals surface area contributed by atoms with Crippen LogP contribution in [0.5, 0.6) is 5.75 Å². The Hall–Kier alpha value is -2.60. The predicted molar refractivity (Wildman–Crippen MR) is 108 cm³/mol. The van der Waals surface area contributed by atoms with E-state index in [9.17, 15) is 9.18 Å². The molecule has 1 aliphatic rings. The minimum Gasteiger partial charge on any atom is -0.494 e. The van der Waals surface area contributed by atoms with Crippen LogP contribution in [0.3, 0.4) is 0 Å². The standard InChI is InChI=1S/C21H21FN2O2S/c1-14-5-3-4-6-17(14)23-9-11-24(12-10-23)21(25)20-19(26-2)16-13-15(22)7-8-18(16)27-20/h3-8,13H,9-12H2,1-2H3. The van der Waals surface area contributed by atoms with Crippen molar-refractivity contribution in [2.45, 2.75) is 6.92 Å². The molecular formula is C21H21FN2O2S. The number of rotatable bonds is 3. The Labute approximate surface area is 161 Å². The second kappa shape index (κ2) is 7.19. The number of methoxy groups -OCH3 is 1. The van der Waals surface area contributed by atoms with Crippen molar-refractivity contribution in [1.82, 2.24) is 4.90 Å². The van der Waals surface area contributed by atoms with Crippen molar-refractivity contribution in [3.05, 3.63) is 58.7 Å². The molecule has 0 bridgehead atoms. The molecule has 0 spiro atoms. The number of anilines is 1. The van der Waals surface area contributed by atoms with E-state index in [0.717, 1.165) is 17.8 Å². The lowest BCUT2D eigenvalue weighted by atomic mass is 10.1. The highest BCUT2D eigenvalue weighted by atomic mass is 32.1. The Kier molecular flexibility index (Phi) is 4.74. The number of hydrogen-bond acceptors (Lipinski definition) is 4. The number of fused-ring (bicyclic) bond motifs is 1. The van der Waals surface area contributed by atoms with Gasteiger partial charge in [-0.1, -0.05) is 18.2 Å². The monoisotopic (exact) mass is 384 g/mol. The van der Waals surface area contributed by atoms with Gasteiger partial charge in [-0.15, -0.1) is 11.3 Å². The van der Waals surface area contributed by atoms with Crippen molar-refractivity contribution in [1.29, 1.82) is 0 Å². The summed E-state index contributed by atoms with van der Waals surface area (Å²) in [6.45, 7) is 4.99. The maximum Gasteiger partial charge on any atom is 0.267 e. The molecule has 0 radical (unpaired) electrons. The topological polar surface area (TPSA) is 32.8 Å². The van der Waals surface area contributed by atoms with E-state index in [4.69, 9.17) is 4.74 Å². The first-order valence-corrected chi connectivity index (χ1v) is 9.76. The van der Waals surface area contributed by atoms with Crippen molar-refractivity contribution in [3.63, 3.8) is 0 Å². The second-order valence-corrected chi connectivity index (χ2v) is 7.72. The fourth-order valence-corrected chi connectivity index (χ4v) is 4.72. The van der Waals surface area contributed by atoms with E-state index in [-0.39, 0.29) is 11.7 Å². The van der Waals surface area contributed by atoms with Gasteiger partial charge in [-0.2, -0.15) is 0 Å². The van der Waals surface area contributed by atoms with Gasteiger partial charge in [0.15, 0.2) is 0 Å². The van der Waals surface area contributed by atoms with E-state index in [1.165, 1.54) is 41.8 Å². The van der Waals surface area contributed by atoms with Crippen molar-refractivity contribution in [3.8, 4) is 5.75 Å². The summed E-state index contributed by atoms with van der Waals surface area (Å²) in [7, 11) is 1.53. The Bertz CT molecular complexity index is 993. The van der Waals surface area contributed by atoms with Gasteiger partial charge in [0, 0.05) is 42.0 Å². The van der Waals surface area contributed by atoms with Gasteiger partial charge in [-0.3, -0.25) is 4.79 Å². The molecule has 0 atom stereocenters. The van der Waals surface area contributed by atoms with Gasteiger partial charge >= 0.3 is 0 Å². The third-order valence-corrected chi connectivity index (χ3v) is 6.17. The average Bonchev–Trinajstić information content (AvgIpc) is 3.05. The molecule has 3 aromatic rings. The molecule has 6 heteroatoms. The molecule has 4 nitrogen and oxygen atoms in total. The maximum atomic E-state index is 13.6. The molecule has 1 amide bonds. The summed E-state index contributed by atoms with van der Waals surface area (Å²) in [5.41, 5.74) is 2.46. The van der Waals surface area contributed by atoms with Crippen LogP contribution in [0, 0.1) is 12.7 Å². The number of thiophene rings is 1. The highest BCUT2D eigenvalue weighted by Gasteiger charge is 2.27. The molecule has 0 unspecified atom stereocenters. The van der Waals surface area contributed by atoms with Crippen LogP contribution in [0.15, 0.2) is 42.5 Å². The zero-order chi connectivity index (χ0) is 19.0. The fourth-order valence-electron chi connectivity index (χ4n) is 3.60. The van der Waals surface area contributed by atoms with Crippen LogP contribution in [-0.4, -0.2) is 44.1 Å². The van der Waals surface area contributed by atoms with E-state index in [0.29, 0.717) is 29.1 Å². The zero-order valence-corrected chi connectivity index (χ0v) is 16.2. The van der Waals surface area contributed by atoms with E-state index >= 15 is 0 Å². The van der Waals surface area contributed by atoms with Gasteiger partial charge in [-0.25, -0.2) is 4.39 Å². The molecule has 140 valence electrons. The Morgan fingerprint density at radius 3 is 2.56 bits per heavy atom. The number of halogens is 1. The van der Waals surface area contributed by atoms with E-state index in [2.05, 4.69) is 24.0 Å². The van der Waals surface area contributed by atoms with Gasteiger partial charge in [0.25, 0.3) is 5.91 Å². The number of benzene rings is 2. The van der Waals surface area contributed by atoms with Crippen molar-refractivity contribution >= 4 is 33.0 Å². The highest BCUT2D eigenvalue weighted by molar-refractivity contribution is 7.21. The Balaban J connectivity index is 1.55. The molecule has 0 saturated carbocycles. The Morgan fingerprint density at radius 2 is 1.85 bits per heavy atom. The summed E-state index contributed by atoms with van der Waals surface area (Å²) in [4.78, 5) is 17.8. The average molecular weight is 384 g/mol. The minimum absolute atomic E-state index is 0.0436. The summed E-state index contributed by atoms with van der Waals surface area (Å²) >= 11 is 1.36. The molecule has 0 aliphatic carbocycles. The van der Waals surface area contributed by atoms with Crippen LogP contribution >= 0.6 is 11.3 Å². The molecule has 2 aromatic carbocycles. The van der Waals surface area contributed by atoms with E-state index in [1.54, 1.807) is 6.07 Å². The highest BCUT2D eigenvalue weighted by Crippen LogP contribution is 2.39. The third kappa shape index (κ3) is 3.25. The molecule has 27 heavy (non-hydrogen) atoms. The molecule has 1 aromatic heterocycles. The maximum absolute atomic E-state index is 13.6. The number of carbonyl (C=O) groups excluding carboxylic acids is 1. The van der Waals surface area contributed by atoms with Crippen molar-refractivity contribution in [2.24, 2.45) is 0 Å². The molecule has 1 fully saturated rings. The quantitative estimate of drug-likeness (QED) is 0.674.